The minimum atomic E-state index is -3.01. The van der Waals surface area contributed by atoms with E-state index in [2.05, 4.69) is 4.98 Å². The summed E-state index contributed by atoms with van der Waals surface area (Å²) in [5, 5.41) is 8.77. The number of aromatic nitrogens is 1. The predicted octanol–water partition coefficient (Wildman–Crippen LogP) is 0.583. The van der Waals surface area contributed by atoms with Crippen molar-refractivity contribution in [1.82, 2.24) is 4.98 Å². The van der Waals surface area contributed by atoms with Gasteiger partial charge in [0.1, 0.15) is 0 Å². The van der Waals surface area contributed by atoms with E-state index >= 15 is 0 Å². The van der Waals surface area contributed by atoms with Crippen molar-refractivity contribution in [3.63, 3.8) is 0 Å². The third-order valence-electron chi connectivity index (χ3n) is 2.59. The fraction of sp³-hybridized carbons (Fsp3) is 0.556. The zero-order chi connectivity index (χ0) is 11.9. The highest BCUT2D eigenvalue weighted by atomic mass is 32.2. The van der Waals surface area contributed by atoms with Crippen LogP contribution in [-0.4, -0.2) is 36.0 Å². The van der Waals surface area contributed by atoms with Crippen LogP contribution in [0.3, 0.4) is 0 Å². The molecule has 0 radical (unpaired) electrons. The van der Waals surface area contributed by atoms with Gasteiger partial charge in [0.05, 0.1) is 23.1 Å². The number of aryl methyl sites for hydroxylation is 1. The molecule has 1 aliphatic rings. The van der Waals surface area contributed by atoms with Gasteiger partial charge in [-0.3, -0.25) is 0 Å². The maximum absolute atomic E-state index is 11.3. The largest absolute Gasteiger partial charge is 0.475 e. The van der Waals surface area contributed by atoms with E-state index in [0.29, 0.717) is 6.42 Å². The molecule has 0 aliphatic carbocycles. The van der Waals surface area contributed by atoms with Crippen molar-refractivity contribution < 1.29 is 22.7 Å². The van der Waals surface area contributed by atoms with E-state index in [4.69, 9.17) is 9.52 Å². The SMILES string of the molecule is Cc1nc(C2CCS(=O)(=O)C2)oc1C(=O)O. The Labute approximate surface area is 92.2 Å². The van der Waals surface area contributed by atoms with Crippen LogP contribution < -0.4 is 0 Å². The van der Waals surface area contributed by atoms with Gasteiger partial charge in [-0.2, -0.15) is 0 Å². The molecule has 1 aliphatic heterocycles. The number of aromatic carboxylic acids is 1. The number of oxazole rings is 1. The molecule has 6 nitrogen and oxygen atoms in total. The van der Waals surface area contributed by atoms with Crippen molar-refractivity contribution >= 4 is 15.8 Å². The maximum Gasteiger partial charge on any atom is 0.373 e. The maximum atomic E-state index is 11.3. The number of sulfone groups is 1. The molecule has 0 aromatic carbocycles. The molecule has 0 amide bonds. The second-order valence-electron chi connectivity index (χ2n) is 3.87. The molecule has 0 bridgehead atoms. The van der Waals surface area contributed by atoms with Crippen molar-refractivity contribution in [2.75, 3.05) is 11.5 Å². The molecular weight excluding hydrogens is 234 g/mol. The van der Waals surface area contributed by atoms with Crippen molar-refractivity contribution in [2.45, 2.75) is 19.3 Å². The smallest absolute Gasteiger partial charge is 0.373 e. The Morgan fingerprint density at radius 2 is 2.25 bits per heavy atom. The third kappa shape index (κ3) is 1.95. The molecular formula is C9H11NO5S. The number of carboxylic acids is 1. The zero-order valence-corrected chi connectivity index (χ0v) is 9.45. The highest BCUT2D eigenvalue weighted by Gasteiger charge is 2.33. The summed E-state index contributed by atoms with van der Waals surface area (Å²) in [5.41, 5.74) is 0.284. The average Bonchev–Trinajstić information content (AvgIpc) is 2.69. The van der Waals surface area contributed by atoms with Gasteiger partial charge in [-0.05, 0) is 13.3 Å². The summed E-state index contributed by atoms with van der Waals surface area (Å²) in [4.78, 5) is 14.7. The van der Waals surface area contributed by atoms with Crippen molar-refractivity contribution in [1.29, 1.82) is 0 Å². The Balaban J connectivity index is 2.30. The fourth-order valence-electron chi connectivity index (χ4n) is 1.78. The Kier molecular flexibility index (Phi) is 2.49. The number of hydrogen-bond donors (Lipinski definition) is 1. The molecule has 1 atom stereocenters. The average molecular weight is 245 g/mol. The summed E-state index contributed by atoms with van der Waals surface area (Å²) >= 11 is 0. The summed E-state index contributed by atoms with van der Waals surface area (Å²) in [6.45, 7) is 1.53. The quantitative estimate of drug-likeness (QED) is 0.818. The van der Waals surface area contributed by atoms with E-state index in [1.807, 2.05) is 0 Å². The first-order valence-electron chi connectivity index (χ1n) is 4.80. The molecule has 1 aromatic rings. The Bertz CT molecular complexity index is 530. The van der Waals surface area contributed by atoms with E-state index in [9.17, 15) is 13.2 Å². The van der Waals surface area contributed by atoms with Crippen LogP contribution in [0.4, 0.5) is 0 Å². The van der Waals surface area contributed by atoms with E-state index in [1.54, 1.807) is 0 Å². The van der Waals surface area contributed by atoms with Crippen molar-refractivity contribution in [3.8, 4) is 0 Å². The van der Waals surface area contributed by atoms with Gasteiger partial charge < -0.3 is 9.52 Å². The second-order valence-corrected chi connectivity index (χ2v) is 6.10. The molecule has 0 saturated carbocycles. The lowest BCUT2D eigenvalue weighted by Crippen LogP contribution is -2.04. The van der Waals surface area contributed by atoms with E-state index in [-0.39, 0.29) is 34.8 Å². The molecule has 2 heterocycles. The molecule has 2 rings (SSSR count). The van der Waals surface area contributed by atoms with Gasteiger partial charge in [-0.1, -0.05) is 0 Å². The first kappa shape index (κ1) is 11.1. The van der Waals surface area contributed by atoms with Crippen LogP contribution in [0.15, 0.2) is 4.42 Å². The Morgan fingerprint density at radius 1 is 1.56 bits per heavy atom. The Hall–Kier alpha value is -1.37. The zero-order valence-electron chi connectivity index (χ0n) is 8.63. The fourth-order valence-corrected chi connectivity index (χ4v) is 3.51. The van der Waals surface area contributed by atoms with E-state index in [0.717, 1.165) is 0 Å². The summed E-state index contributed by atoms with van der Waals surface area (Å²) in [6, 6.07) is 0. The predicted molar refractivity (Wildman–Crippen MR) is 54.2 cm³/mol. The van der Waals surface area contributed by atoms with Crippen molar-refractivity contribution in [3.05, 3.63) is 17.3 Å². The number of rotatable bonds is 2. The first-order chi connectivity index (χ1) is 7.39. The number of carbonyl (C=O) groups is 1. The third-order valence-corrected chi connectivity index (χ3v) is 4.36. The van der Waals surface area contributed by atoms with Gasteiger partial charge in [0.2, 0.25) is 5.76 Å². The monoisotopic (exact) mass is 245 g/mol. The highest BCUT2D eigenvalue weighted by molar-refractivity contribution is 7.91. The van der Waals surface area contributed by atoms with Crippen LogP contribution in [0.1, 0.15) is 34.5 Å². The van der Waals surface area contributed by atoms with Crippen LogP contribution in [0, 0.1) is 6.92 Å². The first-order valence-corrected chi connectivity index (χ1v) is 6.62. The van der Waals surface area contributed by atoms with Crippen LogP contribution in [-0.2, 0) is 9.84 Å². The molecule has 0 spiro atoms. The van der Waals surface area contributed by atoms with Crippen molar-refractivity contribution in [2.24, 2.45) is 0 Å². The molecule has 7 heteroatoms. The van der Waals surface area contributed by atoms with Gasteiger partial charge in [-0.15, -0.1) is 0 Å². The highest BCUT2D eigenvalue weighted by Crippen LogP contribution is 2.29. The molecule has 1 saturated heterocycles. The van der Waals surface area contributed by atoms with Crippen LogP contribution in [0.25, 0.3) is 0 Å². The topological polar surface area (TPSA) is 97.5 Å². The normalized spacial score (nSPS) is 23.4. The van der Waals surface area contributed by atoms with E-state index in [1.165, 1.54) is 6.92 Å². The number of nitrogens with zero attached hydrogens (tertiary/aromatic N) is 1. The molecule has 1 unspecified atom stereocenters. The number of hydrogen-bond acceptors (Lipinski definition) is 5. The summed E-state index contributed by atoms with van der Waals surface area (Å²) in [5.74, 6) is -1.38. The van der Waals surface area contributed by atoms with E-state index < -0.39 is 15.8 Å². The minimum absolute atomic E-state index is 0.00792. The summed E-state index contributed by atoms with van der Waals surface area (Å²) < 4.78 is 27.6. The Morgan fingerprint density at radius 3 is 2.69 bits per heavy atom. The van der Waals surface area contributed by atoms with Crippen LogP contribution in [0.2, 0.25) is 0 Å². The van der Waals surface area contributed by atoms with Crippen LogP contribution in [0.5, 0.6) is 0 Å². The van der Waals surface area contributed by atoms with Gasteiger partial charge in [0.15, 0.2) is 15.7 Å². The lowest BCUT2D eigenvalue weighted by Gasteiger charge is -1.99. The molecule has 88 valence electrons. The lowest BCUT2D eigenvalue weighted by molar-refractivity contribution is 0.0658. The summed E-state index contributed by atoms with van der Waals surface area (Å²) in [6.07, 6.45) is 0.446. The van der Waals surface area contributed by atoms with Crippen LogP contribution >= 0.6 is 0 Å². The van der Waals surface area contributed by atoms with Gasteiger partial charge in [0, 0.05) is 0 Å². The molecule has 1 aromatic heterocycles. The number of carboxylic acid groups (broad SMARTS) is 1. The molecule has 1 N–H and O–H groups in total. The van der Waals surface area contributed by atoms with Gasteiger partial charge >= 0.3 is 5.97 Å². The summed E-state index contributed by atoms with van der Waals surface area (Å²) in [7, 11) is -3.01. The minimum Gasteiger partial charge on any atom is -0.475 e. The van der Waals surface area contributed by atoms with Gasteiger partial charge in [0.25, 0.3) is 0 Å². The molecule has 16 heavy (non-hydrogen) atoms. The lowest BCUT2D eigenvalue weighted by atomic mass is 10.1. The standard InChI is InChI=1S/C9H11NO5S/c1-5-7(9(11)12)15-8(10-5)6-2-3-16(13,14)4-6/h6H,2-4H2,1H3,(H,11,12). The second kappa shape index (κ2) is 3.58. The molecule has 1 fully saturated rings. The van der Waals surface area contributed by atoms with Gasteiger partial charge in [-0.25, -0.2) is 18.2 Å².